The van der Waals surface area contributed by atoms with Crippen molar-refractivity contribution in [1.82, 2.24) is 4.57 Å². The molecule has 0 radical (unpaired) electrons. The molecule has 0 fully saturated rings. The standard InChI is InChI=1S/C12H21NO/c1-10(14)11-6-5-8-13(11)9-7-12(2,3)4/h5-6,8,10,14H,7,9H2,1-4H3. The largest absolute Gasteiger partial charge is 0.387 e. The first-order valence-electron chi connectivity index (χ1n) is 5.23. The molecule has 0 aliphatic carbocycles. The van der Waals surface area contributed by atoms with Gasteiger partial charge in [0.2, 0.25) is 0 Å². The van der Waals surface area contributed by atoms with E-state index in [2.05, 4.69) is 25.3 Å². The molecule has 1 aromatic rings. The van der Waals surface area contributed by atoms with Crippen molar-refractivity contribution in [2.75, 3.05) is 0 Å². The second kappa shape index (κ2) is 4.18. The summed E-state index contributed by atoms with van der Waals surface area (Å²) in [6, 6.07) is 3.97. The summed E-state index contributed by atoms with van der Waals surface area (Å²) in [5.74, 6) is 0. The Hall–Kier alpha value is -0.760. The van der Waals surface area contributed by atoms with Crippen molar-refractivity contribution in [3.8, 4) is 0 Å². The Morgan fingerprint density at radius 3 is 2.57 bits per heavy atom. The molecule has 1 atom stereocenters. The second-order valence-corrected chi connectivity index (χ2v) is 5.11. The van der Waals surface area contributed by atoms with Crippen LogP contribution in [0.25, 0.3) is 0 Å². The number of aryl methyl sites for hydroxylation is 1. The quantitative estimate of drug-likeness (QED) is 0.788. The van der Waals surface area contributed by atoms with Crippen molar-refractivity contribution in [1.29, 1.82) is 0 Å². The lowest BCUT2D eigenvalue weighted by Crippen LogP contribution is -2.12. The van der Waals surface area contributed by atoms with E-state index in [1.807, 2.05) is 25.3 Å². The van der Waals surface area contributed by atoms with Gasteiger partial charge in [-0.05, 0) is 30.9 Å². The van der Waals surface area contributed by atoms with Gasteiger partial charge in [-0.25, -0.2) is 0 Å². The molecule has 0 saturated carbocycles. The number of aliphatic hydroxyl groups excluding tert-OH is 1. The van der Waals surface area contributed by atoms with Crippen LogP contribution in [0.3, 0.4) is 0 Å². The van der Waals surface area contributed by atoms with Crippen LogP contribution in [0.5, 0.6) is 0 Å². The third-order valence-corrected chi connectivity index (χ3v) is 2.40. The number of aromatic nitrogens is 1. The summed E-state index contributed by atoms with van der Waals surface area (Å²) in [6.45, 7) is 9.50. The van der Waals surface area contributed by atoms with Crippen molar-refractivity contribution in [2.24, 2.45) is 5.41 Å². The average molecular weight is 195 g/mol. The van der Waals surface area contributed by atoms with Crippen molar-refractivity contribution < 1.29 is 5.11 Å². The molecule has 0 spiro atoms. The highest BCUT2D eigenvalue weighted by Crippen LogP contribution is 2.21. The fourth-order valence-corrected chi connectivity index (χ4v) is 1.47. The van der Waals surface area contributed by atoms with Gasteiger partial charge >= 0.3 is 0 Å². The molecule has 1 rings (SSSR count). The Labute approximate surface area is 86.6 Å². The summed E-state index contributed by atoms with van der Waals surface area (Å²) < 4.78 is 2.13. The second-order valence-electron chi connectivity index (χ2n) is 5.11. The van der Waals surface area contributed by atoms with E-state index in [4.69, 9.17) is 0 Å². The molecule has 0 aliphatic heterocycles. The van der Waals surface area contributed by atoms with E-state index < -0.39 is 0 Å². The van der Waals surface area contributed by atoms with Crippen molar-refractivity contribution in [3.63, 3.8) is 0 Å². The van der Waals surface area contributed by atoms with Gasteiger partial charge in [0.05, 0.1) is 6.10 Å². The van der Waals surface area contributed by atoms with E-state index in [1.165, 1.54) is 0 Å². The zero-order valence-corrected chi connectivity index (χ0v) is 9.62. The predicted molar refractivity (Wildman–Crippen MR) is 59.1 cm³/mol. The number of rotatable bonds is 3. The maximum atomic E-state index is 9.50. The molecule has 0 bridgehead atoms. The van der Waals surface area contributed by atoms with Gasteiger partial charge in [-0.1, -0.05) is 20.8 Å². The SMILES string of the molecule is CC(O)c1cccn1CCC(C)(C)C. The van der Waals surface area contributed by atoms with Crippen molar-refractivity contribution in [3.05, 3.63) is 24.0 Å². The van der Waals surface area contributed by atoms with E-state index in [9.17, 15) is 5.11 Å². The van der Waals surface area contributed by atoms with Gasteiger partial charge < -0.3 is 9.67 Å². The summed E-state index contributed by atoms with van der Waals surface area (Å²) >= 11 is 0. The van der Waals surface area contributed by atoms with Crippen molar-refractivity contribution in [2.45, 2.75) is 46.8 Å². The van der Waals surface area contributed by atoms with Crippen LogP contribution in [0.2, 0.25) is 0 Å². The average Bonchev–Trinajstić information content (AvgIpc) is 2.46. The van der Waals surface area contributed by atoms with Crippen LogP contribution in [0.15, 0.2) is 18.3 Å². The minimum absolute atomic E-state index is 0.347. The van der Waals surface area contributed by atoms with E-state index in [0.717, 1.165) is 18.7 Å². The number of hydrogen-bond acceptors (Lipinski definition) is 1. The van der Waals surface area contributed by atoms with Crippen LogP contribution in [0.1, 0.15) is 45.9 Å². The minimum Gasteiger partial charge on any atom is -0.387 e. The molecule has 0 aliphatic rings. The third kappa shape index (κ3) is 3.18. The summed E-state index contributed by atoms with van der Waals surface area (Å²) in [4.78, 5) is 0. The van der Waals surface area contributed by atoms with Gasteiger partial charge in [-0.15, -0.1) is 0 Å². The highest BCUT2D eigenvalue weighted by atomic mass is 16.3. The van der Waals surface area contributed by atoms with Gasteiger partial charge in [-0.2, -0.15) is 0 Å². The summed E-state index contributed by atoms with van der Waals surface area (Å²) in [5, 5.41) is 9.50. The zero-order valence-electron chi connectivity index (χ0n) is 9.62. The molecule has 80 valence electrons. The third-order valence-electron chi connectivity index (χ3n) is 2.40. The molecule has 14 heavy (non-hydrogen) atoms. The minimum atomic E-state index is -0.370. The van der Waals surface area contributed by atoms with Gasteiger partial charge in [0, 0.05) is 18.4 Å². The van der Waals surface area contributed by atoms with Crippen molar-refractivity contribution >= 4 is 0 Å². The van der Waals surface area contributed by atoms with Crippen LogP contribution in [-0.4, -0.2) is 9.67 Å². The fourth-order valence-electron chi connectivity index (χ4n) is 1.47. The van der Waals surface area contributed by atoms with Crippen LogP contribution in [0.4, 0.5) is 0 Å². The zero-order chi connectivity index (χ0) is 10.8. The van der Waals surface area contributed by atoms with Crippen LogP contribution in [0, 0.1) is 5.41 Å². The van der Waals surface area contributed by atoms with Gasteiger partial charge in [0.15, 0.2) is 0 Å². The topological polar surface area (TPSA) is 25.2 Å². The fraction of sp³-hybridized carbons (Fsp3) is 0.667. The molecule has 2 heteroatoms. The summed E-state index contributed by atoms with van der Waals surface area (Å²) in [5.41, 5.74) is 1.36. The molecule has 1 unspecified atom stereocenters. The van der Waals surface area contributed by atoms with Crippen LogP contribution >= 0.6 is 0 Å². The summed E-state index contributed by atoms with van der Waals surface area (Å²) in [7, 11) is 0. The monoisotopic (exact) mass is 195 g/mol. The molecular formula is C12H21NO. The Morgan fingerprint density at radius 1 is 1.43 bits per heavy atom. The normalized spacial score (nSPS) is 14.4. The molecule has 2 nitrogen and oxygen atoms in total. The smallest absolute Gasteiger partial charge is 0.0911 e. The Kier molecular flexibility index (Phi) is 3.38. The van der Waals surface area contributed by atoms with E-state index in [0.29, 0.717) is 5.41 Å². The van der Waals surface area contributed by atoms with Crippen LogP contribution < -0.4 is 0 Å². The number of hydrogen-bond donors (Lipinski definition) is 1. The van der Waals surface area contributed by atoms with E-state index in [1.54, 1.807) is 0 Å². The molecule has 0 saturated heterocycles. The number of nitrogens with zero attached hydrogens (tertiary/aromatic N) is 1. The Morgan fingerprint density at radius 2 is 2.07 bits per heavy atom. The predicted octanol–water partition coefficient (Wildman–Crippen LogP) is 2.98. The Bertz CT molecular complexity index is 281. The molecule has 1 N–H and O–H groups in total. The van der Waals surface area contributed by atoms with Crippen LogP contribution in [-0.2, 0) is 6.54 Å². The van der Waals surface area contributed by atoms with Gasteiger partial charge in [0.1, 0.15) is 0 Å². The Balaban J connectivity index is 2.63. The highest BCUT2D eigenvalue weighted by molar-refractivity contribution is 5.09. The van der Waals surface area contributed by atoms with Gasteiger partial charge in [-0.3, -0.25) is 0 Å². The maximum absolute atomic E-state index is 9.50. The maximum Gasteiger partial charge on any atom is 0.0911 e. The first-order valence-corrected chi connectivity index (χ1v) is 5.23. The lowest BCUT2D eigenvalue weighted by Gasteiger charge is -2.20. The molecule has 1 aromatic heterocycles. The molecular weight excluding hydrogens is 174 g/mol. The number of aliphatic hydroxyl groups is 1. The molecule has 1 heterocycles. The molecule has 0 aromatic carbocycles. The van der Waals surface area contributed by atoms with E-state index >= 15 is 0 Å². The highest BCUT2D eigenvalue weighted by Gasteiger charge is 2.12. The van der Waals surface area contributed by atoms with Gasteiger partial charge in [0.25, 0.3) is 0 Å². The first-order chi connectivity index (χ1) is 6.40. The lowest BCUT2D eigenvalue weighted by molar-refractivity contribution is 0.187. The molecule has 0 amide bonds. The van der Waals surface area contributed by atoms with E-state index in [-0.39, 0.29) is 6.10 Å². The first kappa shape index (κ1) is 11.3. The summed E-state index contributed by atoms with van der Waals surface area (Å²) in [6.07, 6.45) is 2.79. The lowest BCUT2D eigenvalue weighted by atomic mass is 9.92.